The molecule has 7 nitrogen and oxygen atoms in total. The summed E-state index contributed by atoms with van der Waals surface area (Å²) in [5, 5.41) is 6.69. The second-order valence-corrected chi connectivity index (χ2v) is 10.2. The normalized spacial score (nSPS) is 17.7. The van der Waals surface area contributed by atoms with Crippen molar-refractivity contribution < 1.29 is 32.6 Å². The Morgan fingerprint density at radius 2 is 1.78 bits per heavy atom. The summed E-state index contributed by atoms with van der Waals surface area (Å²) < 4.78 is 39.0. The van der Waals surface area contributed by atoms with Crippen LogP contribution < -0.4 is 15.4 Å². The van der Waals surface area contributed by atoms with Crippen LogP contribution in [0.5, 0.6) is 5.75 Å². The minimum absolute atomic E-state index is 0.173. The van der Waals surface area contributed by atoms with Gasteiger partial charge in [0.15, 0.2) is 11.6 Å². The third-order valence-electron chi connectivity index (χ3n) is 5.56. The van der Waals surface area contributed by atoms with Crippen molar-refractivity contribution in [2.45, 2.75) is 44.8 Å². The van der Waals surface area contributed by atoms with Crippen molar-refractivity contribution in [3.8, 4) is 5.75 Å². The molecule has 188 valence electrons. The van der Waals surface area contributed by atoms with Crippen molar-refractivity contribution in [3.63, 3.8) is 0 Å². The van der Waals surface area contributed by atoms with Crippen molar-refractivity contribution >= 4 is 35.0 Å². The van der Waals surface area contributed by atoms with Crippen LogP contribution in [0.15, 0.2) is 53.9 Å². The van der Waals surface area contributed by atoms with Gasteiger partial charge >= 0.3 is 12.1 Å². The summed E-state index contributed by atoms with van der Waals surface area (Å²) in [6, 6.07) is 11.1. The fraction of sp³-hybridized carbons (Fsp3) is 0.269. The fourth-order valence-corrected chi connectivity index (χ4v) is 4.96. The van der Waals surface area contributed by atoms with E-state index in [-0.39, 0.29) is 17.0 Å². The van der Waals surface area contributed by atoms with Gasteiger partial charge in [-0.05, 0) is 62.9 Å². The van der Waals surface area contributed by atoms with Gasteiger partial charge in [-0.2, -0.15) is 0 Å². The molecular formula is C26H24F2N2O5S. The molecule has 0 radical (unpaired) electrons. The van der Waals surface area contributed by atoms with E-state index >= 15 is 0 Å². The van der Waals surface area contributed by atoms with Gasteiger partial charge in [-0.25, -0.2) is 18.4 Å². The SMILES string of the molecule is C[C@H](NC(=O)OC(C)(C)C)C(=O)Oc1ccc(C2(c3cccs3)C(=O)Nc3c2ccc(F)c3F)cc1. The molecule has 2 heterocycles. The van der Waals surface area contributed by atoms with Crippen molar-refractivity contribution in [2.24, 2.45) is 0 Å². The lowest BCUT2D eigenvalue weighted by atomic mass is 9.74. The molecule has 0 bridgehead atoms. The monoisotopic (exact) mass is 514 g/mol. The van der Waals surface area contributed by atoms with Crippen LogP contribution in [0.2, 0.25) is 0 Å². The van der Waals surface area contributed by atoms with E-state index in [2.05, 4.69) is 10.6 Å². The van der Waals surface area contributed by atoms with E-state index in [1.165, 1.54) is 36.5 Å². The summed E-state index contributed by atoms with van der Waals surface area (Å²) in [6.45, 7) is 6.57. The maximum atomic E-state index is 14.6. The maximum Gasteiger partial charge on any atom is 0.408 e. The first kappa shape index (κ1) is 25.3. The van der Waals surface area contributed by atoms with Gasteiger partial charge in [0.25, 0.3) is 0 Å². The van der Waals surface area contributed by atoms with Gasteiger partial charge in [0.1, 0.15) is 22.8 Å². The van der Waals surface area contributed by atoms with Gasteiger partial charge < -0.3 is 20.1 Å². The second-order valence-electron chi connectivity index (χ2n) is 9.28. The molecule has 1 aromatic heterocycles. The summed E-state index contributed by atoms with van der Waals surface area (Å²) >= 11 is 1.30. The van der Waals surface area contributed by atoms with E-state index < -0.39 is 46.7 Å². The number of halogens is 2. The third-order valence-corrected chi connectivity index (χ3v) is 6.55. The highest BCUT2D eigenvalue weighted by atomic mass is 32.1. The lowest BCUT2D eigenvalue weighted by Gasteiger charge is -2.27. The molecule has 0 aliphatic carbocycles. The molecule has 1 aliphatic rings. The maximum absolute atomic E-state index is 14.6. The summed E-state index contributed by atoms with van der Waals surface area (Å²) in [6.07, 6.45) is -0.755. The van der Waals surface area contributed by atoms with Crippen LogP contribution in [0.3, 0.4) is 0 Å². The van der Waals surface area contributed by atoms with Crippen LogP contribution in [-0.4, -0.2) is 29.6 Å². The zero-order valence-electron chi connectivity index (χ0n) is 20.0. The van der Waals surface area contributed by atoms with E-state index in [0.717, 1.165) is 6.07 Å². The molecule has 0 spiro atoms. The number of anilines is 1. The third kappa shape index (κ3) is 4.56. The second kappa shape index (κ2) is 9.34. The average molecular weight is 515 g/mol. The smallest absolute Gasteiger partial charge is 0.408 e. The van der Waals surface area contributed by atoms with Crippen LogP contribution in [-0.2, 0) is 19.7 Å². The molecule has 0 saturated carbocycles. The molecule has 0 fully saturated rings. The van der Waals surface area contributed by atoms with E-state index in [1.807, 2.05) is 0 Å². The first-order valence-corrected chi connectivity index (χ1v) is 12.0. The van der Waals surface area contributed by atoms with Gasteiger partial charge in [0, 0.05) is 10.4 Å². The Kier molecular flexibility index (Phi) is 6.57. The fourth-order valence-electron chi connectivity index (χ4n) is 4.00. The number of nitrogens with one attached hydrogen (secondary N) is 2. The molecule has 2 amide bonds. The molecule has 2 N–H and O–H groups in total. The predicted molar refractivity (Wildman–Crippen MR) is 130 cm³/mol. The van der Waals surface area contributed by atoms with Crippen molar-refractivity contribution in [1.82, 2.24) is 5.32 Å². The quantitative estimate of drug-likeness (QED) is 0.364. The summed E-state index contributed by atoms with van der Waals surface area (Å²) in [5.41, 5.74) is -1.57. The molecule has 1 aliphatic heterocycles. The Bertz CT molecular complexity index is 1320. The number of carbonyl (C=O) groups excluding carboxylic acids is 3. The molecule has 3 aromatic rings. The average Bonchev–Trinajstić information content (AvgIpc) is 3.42. The zero-order chi connectivity index (χ0) is 26.3. The van der Waals surface area contributed by atoms with Gasteiger partial charge in [-0.3, -0.25) is 4.79 Å². The summed E-state index contributed by atoms with van der Waals surface area (Å²) in [4.78, 5) is 38.3. The molecule has 1 unspecified atom stereocenters. The van der Waals surface area contributed by atoms with E-state index in [9.17, 15) is 23.2 Å². The number of alkyl carbamates (subject to hydrolysis) is 1. The van der Waals surface area contributed by atoms with Crippen molar-refractivity contribution in [1.29, 1.82) is 0 Å². The first-order valence-electron chi connectivity index (χ1n) is 11.1. The highest BCUT2D eigenvalue weighted by Gasteiger charge is 2.51. The van der Waals surface area contributed by atoms with Gasteiger partial charge in [-0.1, -0.05) is 24.3 Å². The highest BCUT2D eigenvalue weighted by molar-refractivity contribution is 7.10. The molecule has 2 atom stereocenters. The molecule has 4 rings (SSSR count). The summed E-state index contributed by atoms with van der Waals surface area (Å²) in [7, 11) is 0. The Balaban J connectivity index is 1.61. The number of esters is 1. The number of hydrogen-bond acceptors (Lipinski definition) is 6. The summed E-state index contributed by atoms with van der Waals surface area (Å²) in [5.74, 6) is -3.26. The van der Waals surface area contributed by atoms with Crippen LogP contribution in [0.4, 0.5) is 19.3 Å². The minimum Gasteiger partial charge on any atom is -0.444 e. The van der Waals surface area contributed by atoms with Crippen LogP contribution in [0.25, 0.3) is 0 Å². The lowest BCUT2D eigenvalue weighted by Crippen LogP contribution is -2.43. The van der Waals surface area contributed by atoms with Gasteiger partial charge in [-0.15, -0.1) is 11.3 Å². The number of ether oxygens (including phenoxy) is 2. The number of thiophene rings is 1. The standard InChI is InChI=1S/C26H24F2N2O5S/c1-14(29-24(33)35-25(2,3)4)22(31)34-16-9-7-15(8-10-16)26(19-6-5-13-36-19)17-11-12-18(27)20(28)21(17)30-23(26)32/h5-14H,1-4H3,(H,29,33)(H,30,32)/t14-,26?/m0/s1. The molecule has 2 aromatic carbocycles. The van der Waals surface area contributed by atoms with Gasteiger partial charge in [0.05, 0.1) is 5.69 Å². The van der Waals surface area contributed by atoms with Crippen molar-refractivity contribution in [2.75, 3.05) is 5.32 Å². The molecule has 10 heteroatoms. The number of hydrogen-bond donors (Lipinski definition) is 2. The Labute approximate surface area is 210 Å². The van der Waals surface area contributed by atoms with E-state index in [1.54, 1.807) is 50.4 Å². The minimum atomic E-state index is -1.41. The van der Waals surface area contributed by atoms with Gasteiger partial charge in [0.2, 0.25) is 5.91 Å². The van der Waals surface area contributed by atoms with Crippen LogP contribution >= 0.6 is 11.3 Å². The first-order chi connectivity index (χ1) is 16.9. The Hall–Kier alpha value is -3.79. The zero-order valence-corrected chi connectivity index (χ0v) is 20.8. The topological polar surface area (TPSA) is 93.7 Å². The predicted octanol–water partition coefficient (Wildman–Crippen LogP) is 5.13. The van der Waals surface area contributed by atoms with E-state index in [4.69, 9.17) is 9.47 Å². The number of rotatable bonds is 5. The number of benzene rings is 2. The highest BCUT2D eigenvalue weighted by Crippen LogP contribution is 2.50. The van der Waals surface area contributed by atoms with E-state index in [0.29, 0.717) is 10.4 Å². The number of carbonyl (C=O) groups is 3. The molecule has 0 saturated heterocycles. The van der Waals surface area contributed by atoms with Crippen LogP contribution in [0.1, 0.15) is 43.7 Å². The lowest BCUT2D eigenvalue weighted by molar-refractivity contribution is -0.136. The Morgan fingerprint density at radius 3 is 2.39 bits per heavy atom. The van der Waals surface area contributed by atoms with Crippen molar-refractivity contribution in [3.05, 3.63) is 81.5 Å². The van der Waals surface area contributed by atoms with Crippen LogP contribution in [0, 0.1) is 11.6 Å². The molecule has 36 heavy (non-hydrogen) atoms. The number of amides is 2. The Morgan fingerprint density at radius 1 is 1.08 bits per heavy atom. The number of fused-ring (bicyclic) bond motifs is 1. The largest absolute Gasteiger partial charge is 0.444 e. The molecular weight excluding hydrogens is 490 g/mol.